The standard InChI is InChI=1S/C34H41N3O5/c1-5-17-35-18-9-15-33(4)27(30(35)39)28-31(40)37(26(21-38)22(3)6-2)29-32(41)36(19-10-16-34(28,29)42-33)25-14-13-23-11-7-8-12-24(23)20-25/h7-16,20,22,26-29,38H,5-6,17-19,21H2,1-4H3/t22-,26-,27-,28-,29?,33+,34-/m0/s1. The largest absolute Gasteiger partial charge is 0.394 e. The zero-order valence-corrected chi connectivity index (χ0v) is 24.9. The van der Waals surface area contributed by atoms with Crippen LogP contribution in [-0.4, -0.2) is 82.2 Å². The lowest BCUT2D eigenvalue weighted by Gasteiger charge is -2.41. The van der Waals surface area contributed by atoms with Crippen molar-refractivity contribution in [3.8, 4) is 0 Å². The molecule has 4 aliphatic rings. The summed E-state index contributed by atoms with van der Waals surface area (Å²) in [5.41, 5.74) is -1.68. The Kier molecular flexibility index (Phi) is 7.26. The van der Waals surface area contributed by atoms with E-state index in [-0.39, 0.29) is 30.2 Å². The quantitative estimate of drug-likeness (QED) is 0.509. The molecule has 0 bridgehead atoms. The predicted octanol–water partition coefficient (Wildman–Crippen LogP) is 3.93. The molecule has 2 saturated heterocycles. The normalized spacial score (nSPS) is 32.1. The molecule has 0 aromatic heterocycles. The van der Waals surface area contributed by atoms with Crippen LogP contribution in [0.25, 0.3) is 10.8 Å². The van der Waals surface area contributed by atoms with E-state index in [1.165, 1.54) is 0 Å². The van der Waals surface area contributed by atoms with E-state index in [2.05, 4.69) is 0 Å². The van der Waals surface area contributed by atoms with Crippen LogP contribution in [-0.2, 0) is 19.1 Å². The SMILES string of the molecule is CCCN1CC=C[C@@]2(C)O[C@]34C=CCN(c5ccc6ccccc6c5)C(=O)C3N([C@@H](CO)[C@@H](C)CC)C(=O)[C@@H]4[C@H]2C1=O. The van der Waals surface area contributed by atoms with Crippen LogP contribution in [0.5, 0.6) is 0 Å². The summed E-state index contributed by atoms with van der Waals surface area (Å²) in [5, 5.41) is 12.7. The van der Waals surface area contributed by atoms with Crippen molar-refractivity contribution >= 4 is 34.2 Å². The summed E-state index contributed by atoms with van der Waals surface area (Å²) in [6.07, 6.45) is 9.14. The Hall–Kier alpha value is -3.49. The van der Waals surface area contributed by atoms with Crippen LogP contribution in [0.15, 0.2) is 66.8 Å². The second-order valence-corrected chi connectivity index (χ2v) is 12.4. The number of fused-ring (bicyclic) bond motifs is 3. The lowest BCUT2D eigenvalue weighted by atomic mass is 9.74. The van der Waals surface area contributed by atoms with E-state index < -0.39 is 35.1 Å². The summed E-state index contributed by atoms with van der Waals surface area (Å²) >= 11 is 0. The third-order valence-electron chi connectivity index (χ3n) is 9.96. The molecule has 7 atom stereocenters. The van der Waals surface area contributed by atoms with Gasteiger partial charge in [-0.1, -0.05) is 81.8 Å². The number of anilines is 1. The maximum absolute atomic E-state index is 14.8. The maximum atomic E-state index is 14.8. The Balaban J connectivity index is 1.51. The van der Waals surface area contributed by atoms with E-state index in [1.807, 2.05) is 94.5 Å². The van der Waals surface area contributed by atoms with Crippen LogP contribution < -0.4 is 4.90 Å². The van der Waals surface area contributed by atoms with E-state index in [9.17, 15) is 19.5 Å². The molecule has 42 heavy (non-hydrogen) atoms. The number of hydrogen-bond donors (Lipinski definition) is 1. The van der Waals surface area contributed by atoms with Gasteiger partial charge in [-0.25, -0.2) is 0 Å². The van der Waals surface area contributed by atoms with Crippen molar-refractivity contribution in [3.05, 3.63) is 66.8 Å². The maximum Gasteiger partial charge on any atom is 0.253 e. The first kappa shape index (κ1) is 28.6. The van der Waals surface area contributed by atoms with E-state index in [0.717, 1.165) is 22.9 Å². The number of hydrogen-bond acceptors (Lipinski definition) is 5. The summed E-state index contributed by atoms with van der Waals surface area (Å²) < 4.78 is 6.95. The number of carbonyl (C=O) groups is 3. The minimum Gasteiger partial charge on any atom is -0.394 e. The van der Waals surface area contributed by atoms with Crippen LogP contribution in [0.2, 0.25) is 0 Å². The fourth-order valence-electron chi connectivity index (χ4n) is 7.73. The lowest BCUT2D eigenvalue weighted by molar-refractivity contribution is -0.152. The highest BCUT2D eigenvalue weighted by molar-refractivity contribution is 6.07. The molecule has 8 nitrogen and oxygen atoms in total. The van der Waals surface area contributed by atoms with Crippen LogP contribution in [0.1, 0.15) is 40.5 Å². The first-order valence-electron chi connectivity index (χ1n) is 15.3. The molecule has 8 heteroatoms. The van der Waals surface area contributed by atoms with Gasteiger partial charge < -0.3 is 24.5 Å². The van der Waals surface area contributed by atoms with Crippen molar-refractivity contribution in [2.45, 2.75) is 63.8 Å². The molecule has 0 aliphatic carbocycles. The van der Waals surface area contributed by atoms with E-state index >= 15 is 0 Å². The molecule has 1 unspecified atom stereocenters. The number of likely N-dealkylation sites (tertiary alicyclic amines) is 1. The fraction of sp³-hybridized carbons (Fsp3) is 0.500. The number of amides is 3. The highest BCUT2D eigenvalue weighted by atomic mass is 16.5. The van der Waals surface area contributed by atoms with E-state index in [1.54, 1.807) is 14.7 Å². The average molecular weight is 572 g/mol. The smallest absolute Gasteiger partial charge is 0.253 e. The van der Waals surface area contributed by atoms with Crippen LogP contribution in [0, 0.1) is 17.8 Å². The number of nitrogens with zero attached hydrogens (tertiary/aromatic N) is 3. The number of rotatable bonds is 7. The minimum atomic E-state index is -1.35. The van der Waals surface area contributed by atoms with Crippen molar-refractivity contribution in [2.75, 3.05) is 31.1 Å². The highest BCUT2D eigenvalue weighted by Crippen LogP contribution is 2.58. The number of aliphatic hydroxyl groups excluding tert-OH is 1. The molecule has 0 saturated carbocycles. The van der Waals surface area contributed by atoms with Gasteiger partial charge in [0.2, 0.25) is 11.8 Å². The van der Waals surface area contributed by atoms with Gasteiger partial charge in [-0.05, 0) is 42.2 Å². The van der Waals surface area contributed by atoms with Gasteiger partial charge in [-0.2, -0.15) is 0 Å². The van der Waals surface area contributed by atoms with Gasteiger partial charge in [0.1, 0.15) is 11.6 Å². The van der Waals surface area contributed by atoms with Crippen LogP contribution in [0.3, 0.4) is 0 Å². The number of benzene rings is 2. The third kappa shape index (κ3) is 4.14. The monoisotopic (exact) mass is 571 g/mol. The summed E-state index contributed by atoms with van der Waals surface area (Å²) in [7, 11) is 0. The van der Waals surface area contributed by atoms with Crippen molar-refractivity contribution in [2.24, 2.45) is 17.8 Å². The molecule has 4 heterocycles. The van der Waals surface area contributed by atoms with Crippen LogP contribution in [0.4, 0.5) is 5.69 Å². The molecule has 222 valence electrons. The average Bonchev–Trinajstić information content (AvgIpc) is 3.26. The first-order valence-corrected chi connectivity index (χ1v) is 15.3. The van der Waals surface area contributed by atoms with Gasteiger partial charge in [0.05, 0.1) is 30.1 Å². The summed E-state index contributed by atoms with van der Waals surface area (Å²) in [4.78, 5) is 48.8. The van der Waals surface area contributed by atoms with E-state index in [4.69, 9.17) is 4.74 Å². The van der Waals surface area contributed by atoms with Crippen molar-refractivity contribution < 1.29 is 24.2 Å². The van der Waals surface area contributed by atoms with Crippen molar-refractivity contribution in [1.82, 2.24) is 9.80 Å². The molecule has 2 aromatic rings. The molecule has 2 aromatic carbocycles. The van der Waals surface area contributed by atoms with Gasteiger partial charge in [0.25, 0.3) is 5.91 Å². The van der Waals surface area contributed by atoms with Gasteiger partial charge in [0.15, 0.2) is 0 Å². The molecular formula is C34H41N3O5. The van der Waals surface area contributed by atoms with E-state index in [0.29, 0.717) is 26.1 Å². The molecular weight excluding hydrogens is 530 g/mol. The molecule has 0 radical (unpaired) electrons. The number of aliphatic hydroxyl groups is 1. The predicted molar refractivity (Wildman–Crippen MR) is 162 cm³/mol. The minimum absolute atomic E-state index is 0.0725. The second kappa shape index (κ2) is 10.7. The Bertz CT molecular complexity index is 1470. The Labute approximate surface area is 247 Å². The Morgan fingerprint density at radius 2 is 1.69 bits per heavy atom. The summed E-state index contributed by atoms with van der Waals surface area (Å²) in [6.45, 7) is 8.94. The van der Waals surface area contributed by atoms with Gasteiger partial charge in [-0.3, -0.25) is 14.4 Å². The molecule has 2 fully saturated rings. The van der Waals surface area contributed by atoms with Crippen molar-refractivity contribution in [3.63, 3.8) is 0 Å². The molecule has 1 spiro atoms. The number of ether oxygens (including phenoxy) is 1. The molecule has 1 N–H and O–H groups in total. The zero-order chi connectivity index (χ0) is 29.8. The molecule has 6 rings (SSSR count). The zero-order valence-electron chi connectivity index (χ0n) is 24.9. The third-order valence-corrected chi connectivity index (χ3v) is 9.96. The fourth-order valence-corrected chi connectivity index (χ4v) is 7.73. The van der Waals surface area contributed by atoms with Gasteiger partial charge >= 0.3 is 0 Å². The first-order chi connectivity index (χ1) is 20.2. The number of carbonyl (C=O) groups excluding carboxylic acids is 3. The molecule has 4 aliphatic heterocycles. The second-order valence-electron chi connectivity index (χ2n) is 12.4. The van der Waals surface area contributed by atoms with Gasteiger partial charge in [-0.15, -0.1) is 0 Å². The summed E-state index contributed by atoms with van der Waals surface area (Å²) in [5.74, 6) is -2.44. The Morgan fingerprint density at radius 1 is 0.952 bits per heavy atom. The van der Waals surface area contributed by atoms with Crippen LogP contribution >= 0.6 is 0 Å². The molecule has 3 amide bonds. The van der Waals surface area contributed by atoms with Crippen molar-refractivity contribution in [1.29, 1.82) is 0 Å². The summed E-state index contributed by atoms with van der Waals surface area (Å²) in [6, 6.07) is 12.3. The topological polar surface area (TPSA) is 90.4 Å². The van der Waals surface area contributed by atoms with Gasteiger partial charge in [0, 0.05) is 25.3 Å². The highest BCUT2D eigenvalue weighted by Gasteiger charge is 2.75. The lowest BCUT2D eigenvalue weighted by Crippen LogP contribution is -2.60. The Morgan fingerprint density at radius 3 is 2.40 bits per heavy atom.